The lowest BCUT2D eigenvalue weighted by atomic mass is 9.94. The molecule has 2 nitrogen and oxygen atoms in total. The second kappa shape index (κ2) is 5.38. The Bertz CT molecular complexity index is 167. The standard InChI is InChI=1S/C11H23NOS/c1-11(2,13)8-12-9-6-4-5-7-10(9)14-3/h9-10,12-13H,4-8H2,1-3H3. The fourth-order valence-electron chi connectivity index (χ4n) is 1.99. The molecule has 0 saturated heterocycles. The van der Waals surface area contributed by atoms with E-state index in [0.717, 1.165) is 5.25 Å². The lowest BCUT2D eigenvalue weighted by Gasteiger charge is -2.33. The third kappa shape index (κ3) is 4.20. The van der Waals surface area contributed by atoms with Crippen LogP contribution in [0.25, 0.3) is 0 Å². The van der Waals surface area contributed by atoms with E-state index in [-0.39, 0.29) is 0 Å². The quantitative estimate of drug-likeness (QED) is 0.755. The molecule has 0 heterocycles. The minimum atomic E-state index is -0.583. The Morgan fingerprint density at radius 2 is 2.00 bits per heavy atom. The Kier molecular flexibility index (Phi) is 4.74. The van der Waals surface area contributed by atoms with Crippen molar-refractivity contribution in [2.24, 2.45) is 0 Å². The van der Waals surface area contributed by atoms with Gasteiger partial charge in [0.15, 0.2) is 0 Å². The van der Waals surface area contributed by atoms with Crippen molar-refractivity contribution in [3.63, 3.8) is 0 Å². The maximum Gasteiger partial charge on any atom is 0.0715 e. The summed E-state index contributed by atoms with van der Waals surface area (Å²) in [6, 6.07) is 0.602. The Balaban J connectivity index is 2.33. The van der Waals surface area contributed by atoms with E-state index in [1.54, 1.807) is 0 Å². The second-order valence-corrected chi connectivity index (χ2v) is 5.94. The van der Waals surface area contributed by atoms with Crippen LogP contribution in [0.5, 0.6) is 0 Å². The van der Waals surface area contributed by atoms with E-state index in [4.69, 9.17) is 0 Å². The molecular formula is C11H23NOS. The van der Waals surface area contributed by atoms with Gasteiger partial charge >= 0.3 is 0 Å². The fourth-order valence-corrected chi connectivity index (χ4v) is 2.96. The normalized spacial score (nSPS) is 29.1. The molecular weight excluding hydrogens is 194 g/mol. The molecule has 0 aromatic carbocycles. The van der Waals surface area contributed by atoms with Gasteiger partial charge in [0.1, 0.15) is 0 Å². The van der Waals surface area contributed by atoms with Crippen LogP contribution in [0.2, 0.25) is 0 Å². The first-order valence-electron chi connectivity index (χ1n) is 5.51. The van der Waals surface area contributed by atoms with E-state index in [9.17, 15) is 5.11 Å². The molecule has 1 aliphatic carbocycles. The van der Waals surface area contributed by atoms with Crippen molar-refractivity contribution in [2.75, 3.05) is 12.8 Å². The lowest BCUT2D eigenvalue weighted by molar-refractivity contribution is 0.0749. The minimum Gasteiger partial charge on any atom is -0.389 e. The number of hydrogen-bond acceptors (Lipinski definition) is 3. The molecule has 1 rings (SSSR count). The van der Waals surface area contributed by atoms with E-state index in [0.29, 0.717) is 12.6 Å². The van der Waals surface area contributed by atoms with E-state index in [1.807, 2.05) is 25.6 Å². The average Bonchev–Trinajstić information content (AvgIpc) is 2.14. The maximum absolute atomic E-state index is 9.64. The van der Waals surface area contributed by atoms with Crippen molar-refractivity contribution < 1.29 is 5.11 Å². The number of hydrogen-bond donors (Lipinski definition) is 2. The highest BCUT2D eigenvalue weighted by Crippen LogP contribution is 2.27. The average molecular weight is 217 g/mol. The van der Waals surface area contributed by atoms with Crippen molar-refractivity contribution in [1.82, 2.24) is 5.32 Å². The Hall–Kier alpha value is 0.270. The van der Waals surface area contributed by atoms with Crippen LogP contribution < -0.4 is 5.32 Å². The number of thioether (sulfide) groups is 1. The number of rotatable bonds is 4. The molecule has 1 fully saturated rings. The van der Waals surface area contributed by atoms with Gasteiger partial charge < -0.3 is 10.4 Å². The van der Waals surface area contributed by atoms with Gasteiger partial charge in [-0.1, -0.05) is 12.8 Å². The summed E-state index contributed by atoms with van der Waals surface area (Å²) in [5, 5.41) is 13.9. The van der Waals surface area contributed by atoms with Gasteiger partial charge in [-0.3, -0.25) is 0 Å². The van der Waals surface area contributed by atoms with Crippen LogP contribution in [-0.2, 0) is 0 Å². The molecule has 84 valence electrons. The summed E-state index contributed by atoms with van der Waals surface area (Å²) in [6.07, 6.45) is 7.48. The van der Waals surface area contributed by atoms with Crippen LogP contribution in [0.4, 0.5) is 0 Å². The van der Waals surface area contributed by atoms with Gasteiger partial charge in [-0.15, -0.1) is 0 Å². The van der Waals surface area contributed by atoms with Crippen molar-refractivity contribution >= 4 is 11.8 Å². The molecule has 2 unspecified atom stereocenters. The predicted octanol–water partition coefficient (Wildman–Crippen LogP) is 2.02. The molecule has 0 aliphatic heterocycles. The molecule has 3 heteroatoms. The SMILES string of the molecule is CSC1CCCCC1NCC(C)(C)O. The first kappa shape index (κ1) is 12.3. The second-order valence-electron chi connectivity index (χ2n) is 4.86. The van der Waals surface area contributed by atoms with E-state index in [1.165, 1.54) is 25.7 Å². The van der Waals surface area contributed by atoms with E-state index in [2.05, 4.69) is 11.6 Å². The third-order valence-electron chi connectivity index (χ3n) is 2.80. The third-order valence-corrected chi connectivity index (χ3v) is 3.97. The zero-order valence-electron chi connectivity index (χ0n) is 9.55. The maximum atomic E-state index is 9.64. The summed E-state index contributed by atoms with van der Waals surface area (Å²) in [7, 11) is 0. The highest BCUT2D eigenvalue weighted by molar-refractivity contribution is 7.99. The molecule has 14 heavy (non-hydrogen) atoms. The summed E-state index contributed by atoms with van der Waals surface area (Å²) < 4.78 is 0. The van der Waals surface area contributed by atoms with Crippen molar-refractivity contribution in [3.8, 4) is 0 Å². The molecule has 2 atom stereocenters. The monoisotopic (exact) mass is 217 g/mol. The largest absolute Gasteiger partial charge is 0.389 e. The zero-order chi connectivity index (χ0) is 10.6. The summed E-state index contributed by atoms with van der Waals surface area (Å²) in [6.45, 7) is 4.42. The van der Waals surface area contributed by atoms with E-state index >= 15 is 0 Å². The fraction of sp³-hybridized carbons (Fsp3) is 1.00. The van der Waals surface area contributed by atoms with E-state index < -0.39 is 5.60 Å². The topological polar surface area (TPSA) is 32.3 Å². The number of aliphatic hydroxyl groups is 1. The van der Waals surface area contributed by atoms with Crippen LogP contribution in [0.15, 0.2) is 0 Å². The molecule has 0 spiro atoms. The van der Waals surface area contributed by atoms with Gasteiger partial charge in [0.2, 0.25) is 0 Å². The molecule has 0 aromatic heterocycles. The van der Waals surface area contributed by atoms with Gasteiger partial charge in [-0.05, 0) is 32.9 Å². The predicted molar refractivity (Wildman–Crippen MR) is 63.9 cm³/mol. The van der Waals surface area contributed by atoms with Crippen LogP contribution >= 0.6 is 11.8 Å². The van der Waals surface area contributed by atoms with Gasteiger partial charge in [-0.2, -0.15) is 11.8 Å². The molecule has 1 aliphatic rings. The zero-order valence-corrected chi connectivity index (χ0v) is 10.4. The first-order chi connectivity index (χ1) is 6.53. The Morgan fingerprint density at radius 1 is 1.36 bits per heavy atom. The summed E-state index contributed by atoms with van der Waals surface area (Å²) in [4.78, 5) is 0. The van der Waals surface area contributed by atoms with Gasteiger partial charge in [0, 0.05) is 17.8 Å². The molecule has 1 saturated carbocycles. The number of nitrogens with one attached hydrogen (secondary N) is 1. The van der Waals surface area contributed by atoms with Gasteiger partial charge in [0.05, 0.1) is 5.60 Å². The van der Waals surface area contributed by atoms with Crippen LogP contribution in [0.1, 0.15) is 39.5 Å². The van der Waals surface area contributed by atoms with Crippen molar-refractivity contribution in [1.29, 1.82) is 0 Å². The van der Waals surface area contributed by atoms with Crippen molar-refractivity contribution in [3.05, 3.63) is 0 Å². The first-order valence-corrected chi connectivity index (χ1v) is 6.80. The highest BCUT2D eigenvalue weighted by Gasteiger charge is 2.25. The van der Waals surface area contributed by atoms with Crippen LogP contribution in [0, 0.1) is 0 Å². The van der Waals surface area contributed by atoms with Crippen molar-refractivity contribution in [2.45, 2.75) is 56.4 Å². The Morgan fingerprint density at radius 3 is 2.57 bits per heavy atom. The molecule has 0 amide bonds. The van der Waals surface area contributed by atoms with Crippen LogP contribution in [-0.4, -0.2) is 34.8 Å². The molecule has 0 bridgehead atoms. The summed E-state index contributed by atoms with van der Waals surface area (Å²) >= 11 is 1.96. The summed E-state index contributed by atoms with van der Waals surface area (Å²) in [5.74, 6) is 0. The van der Waals surface area contributed by atoms with Crippen LogP contribution in [0.3, 0.4) is 0 Å². The lowest BCUT2D eigenvalue weighted by Crippen LogP contribution is -2.46. The van der Waals surface area contributed by atoms with Gasteiger partial charge in [-0.25, -0.2) is 0 Å². The van der Waals surface area contributed by atoms with Gasteiger partial charge in [0.25, 0.3) is 0 Å². The smallest absolute Gasteiger partial charge is 0.0715 e. The molecule has 2 N–H and O–H groups in total. The minimum absolute atomic E-state index is 0.583. The molecule has 0 radical (unpaired) electrons. The Labute approximate surface area is 91.9 Å². The molecule has 0 aromatic rings. The summed E-state index contributed by atoms with van der Waals surface area (Å²) in [5.41, 5.74) is -0.583. The highest BCUT2D eigenvalue weighted by atomic mass is 32.2.